The van der Waals surface area contributed by atoms with Gasteiger partial charge in [0, 0.05) is 12.8 Å². The summed E-state index contributed by atoms with van der Waals surface area (Å²) in [6, 6.07) is 0. The van der Waals surface area contributed by atoms with Gasteiger partial charge in [-0.2, -0.15) is 5.10 Å². The van der Waals surface area contributed by atoms with Gasteiger partial charge in [-0.15, -0.1) is 12.4 Å². The van der Waals surface area contributed by atoms with Crippen LogP contribution in [0.5, 0.6) is 5.75 Å². The van der Waals surface area contributed by atoms with Gasteiger partial charge in [0.2, 0.25) is 0 Å². The third-order valence-electron chi connectivity index (χ3n) is 3.96. The molecule has 1 aromatic rings. The molecule has 1 fully saturated rings. The lowest BCUT2D eigenvalue weighted by Crippen LogP contribution is -2.49. The maximum absolute atomic E-state index is 12.3. The minimum absolute atomic E-state index is 0. The molecule has 0 unspecified atom stereocenters. The summed E-state index contributed by atoms with van der Waals surface area (Å²) in [6.07, 6.45) is 4.11. The van der Waals surface area contributed by atoms with Gasteiger partial charge in [-0.05, 0) is 33.9 Å². The number of fused-ring (bicyclic) bond motifs is 1. The molecule has 0 aliphatic carbocycles. The SMILES string of the molecule is CC(C)(C)n1cc2c(n1)C(=O)CC1(CCNCC1)O2.Cl. The molecule has 3 rings (SSSR count). The van der Waals surface area contributed by atoms with Crippen LogP contribution in [-0.2, 0) is 5.54 Å². The summed E-state index contributed by atoms with van der Waals surface area (Å²) in [5.74, 6) is 0.777. The van der Waals surface area contributed by atoms with E-state index in [0.717, 1.165) is 25.9 Å². The zero-order valence-corrected chi connectivity index (χ0v) is 13.0. The van der Waals surface area contributed by atoms with Gasteiger partial charge in [0.05, 0.1) is 18.2 Å². The van der Waals surface area contributed by atoms with Crippen molar-refractivity contribution in [2.24, 2.45) is 0 Å². The first-order valence-corrected chi connectivity index (χ1v) is 6.93. The number of nitrogens with one attached hydrogen (secondary N) is 1. The van der Waals surface area contributed by atoms with E-state index in [0.29, 0.717) is 17.9 Å². The van der Waals surface area contributed by atoms with E-state index in [9.17, 15) is 4.79 Å². The van der Waals surface area contributed by atoms with E-state index in [1.807, 2.05) is 10.9 Å². The molecule has 0 radical (unpaired) electrons. The van der Waals surface area contributed by atoms with E-state index < -0.39 is 0 Å². The van der Waals surface area contributed by atoms with Crippen LogP contribution in [-0.4, -0.2) is 34.3 Å². The molecule has 2 aliphatic rings. The Balaban J connectivity index is 0.00000147. The lowest BCUT2D eigenvalue weighted by molar-refractivity contribution is 0.0185. The molecule has 0 atom stereocenters. The van der Waals surface area contributed by atoms with Crippen molar-refractivity contribution in [2.45, 2.75) is 51.2 Å². The number of halogens is 1. The lowest BCUT2D eigenvalue weighted by atomic mass is 9.84. The van der Waals surface area contributed by atoms with Crippen LogP contribution in [0.3, 0.4) is 0 Å². The highest BCUT2D eigenvalue weighted by atomic mass is 35.5. The zero-order valence-electron chi connectivity index (χ0n) is 12.2. The van der Waals surface area contributed by atoms with Crippen LogP contribution in [0.1, 0.15) is 50.5 Å². The number of nitrogens with zero attached hydrogens (tertiary/aromatic N) is 2. The molecule has 0 aromatic carbocycles. The smallest absolute Gasteiger partial charge is 0.190 e. The van der Waals surface area contributed by atoms with Crippen molar-refractivity contribution in [3.63, 3.8) is 0 Å². The first kappa shape index (κ1) is 15.3. The molecule has 5 nitrogen and oxygen atoms in total. The zero-order chi connectivity index (χ0) is 13.7. The number of ketones is 1. The molecule has 1 spiro atoms. The number of hydrogen-bond acceptors (Lipinski definition) is 4. The molecular formula is C14H22ClN3O2. The Labute approximate surface area is 125 Å². The average molecular weight is 300 g/mol. The fraction of sp³-hybridized carbons (Fsp3) is 0.714. The van der Waals surface area contributed by atoms with Gasteiger partial charge in [-0.25, -0.2) is 0 Å². The normalized spacial score (nSPS) is 21.1. The molecular weight excluding hydrogens is 278 g/mol. The maximum Gasteiger partial charge on any atom is 0.190 e. The van der Waals surface area contributed by atoms with Crippen LogP contribution >= 0.6 is 12.4 Å². The molecule has 2 aliphatic heterocycles. The molecule has 20 heavy (non-hydrogen) atoms. The van der Waals surface area contributed by atoms with Gasteiger partial charge in [0.15, 0.2) is 17.2 Å². The Hall–Kier alpha value is -1.07. The Morgan fingerprint density at radius 1 is 1.35 bits per heavy atom. The van der Waals surface area contributed by atoms with Crippen molar-refractivity contribution in [1.82, 2.24) is 15.1 Å². The Bertz CT molecular complexity index is 513. The van der Waals surface area contributed by atoms with Crippen LogP contribution in [0.2, 0.25) is 0 Å². The third-order valence-corrected chi connectivity index (χ3v) is 3.96. The highest BCUT2D eigenvalue weighted by Crippen LogP contribution is 2.38. The summed E-state index contributed by atoms with van der Waals surface area (Å²) in [6.45, 7) is 8.02. The number of carbonyl (C=O) groups is 1. The van der Waals surface area contributed by atoms with E-state index in [2.05, 4.69) is 31.2 Å². The largest absolute Gasteiger partial charge is 0.483 e. The van der Waals surface area contributed by atoms with Crippen LogP contribution < -0.4 is 10.1 Å². The van der Waals surface area contributed by atoms with Crippen molar-refractivity contribution >= 4 is 18.2 Å². The number of ether oxygens (including phenoxy) is 1. The standard InChI is InChI=1S/C14H21N3O2.ClH/c1-13(2,3)17-9-11-12(16-17)10(18)8-14(19-11)4-6-15-7-5-14;/h9,15H,4-8H2,1-3H3;1H. The Morgan fingerprint density at radius 3 is 2.60 bits per heavy atom. The quantitative estimate of drug-likeness (QED) is 0.797. The molecule has 1 N–H and O–H groups in total. The number of hydrogen-bond donors (Lipinski definition) is 1. The molecule has 6 heteroatoms. The van der Waals surface area contributed by atoms with Gasteiger partial charge in [-0.1, -0.05) is 0 Å². The Kier molecular flexibility index (Phi) is 3.86. The monoisotopic (exact) mass is 299 g/mol. The van der Waals surface area contributed by atoms with Crippen molar-refractivity contribution in [1.29, 1.82) is 0 Å². The number of aromatic nitrogens is 2. The topological polar surface area (TPSA) is 56.2 Å². The fourth-order valence-electron chi connectivity index (χ4n) is 2.78. The van der Waals surface area contributed by atoms with E-state index in [1.54, 1.807) is 0 Å². The second-order valence-electron chi connectivity index (χ2n) is 6.59. The minimum Gasteiger partial charge on any atom is -0.483 e. The van der Waals surface area contributed by atoms with Crippen LogP contribution in [0.15, 0.2) is 6.20 Å². The van der Waals surface area contributed by atoms with E-state index in [4.69, 9.17) is 4.74 Å². The summed E-state index contributed by atoms with van der Waals surface area (Å²) in [5, 5.41) is 7.72. The lowest BCUT2D eigenvalue weighted by Gasteiger charge is -2.39. The summed E-state index contributed by atoms with van der Waals surface area (Å²) in [5.41, 5.74) is 0.0580. The van der Waals surface area contributed by atoms with Crippen molar-refractivity contribution in [3.8, 4) is 5.75 Å². The number of Topliss-reactive ketones (excluding diaryl/α,β-unsaturated/α-hetero) is 1. The summed E-state index contributed by atoms with van der Waals surface area (Å²) >= 11 is 0. The number of piperidine rings is 1. The molecule has 0 bridgehead atoms. The van der Waals surface area contributed by atoms with E-state index in [1.165, 1.54) is 0 Å². The number of rotatable bonds is 0. The summed E-state index contributed by atoms with van der Waals surface area (Å²) < 4.78 is 7.99. The van der Waals surface area contributed by atoms with Gasteiger partial charge in [-0.3, -0.25) is 9.48 Å². The van der Waals surface area contributed by atoms with Crippen molar-refractivity contribution < 1.29 is 9.53 Å². The minimum atomic E-state index is -0.304. The second kappa shape index (κ2) is 5.04. The van der Waals surface area contributed by atoms with Gasteiger partial charge in [0.1, 0.15) is 5.60 Å². The Morgan fingerprint density at radius 2 is 2.00 bits per heavy atom. The van der Waals surface area contributed by atoms with E-state index in [-0.39, 0.29) is 29.3 Å². The molecule has 0 amide bonds. The van der Waals surface area contributed by atoms with Crippen LogP contribution in [0.25, 0.3) is 0 Å². The number of carbonyl (C=O) groups excluding carboxylic acids is 1. The predicted molar refractivity (Wildman–Crippen MR) is 78.9 cm³/mol. The molecule has 0 saturated carbocycles. The van der Waals surface area contributed by atoms with Crippen molar-refractivity contribution in [3.05, 3.63) is 11.9 Å². The third kappa shape index (κ3) is 2.56. The van der Waals surface area contributed by atoms with Gasteiger partial charge in [0.25, 0.3) is 0 Å². The second-order valence-corrected chi connectivity index (χ2v) is 6.59. The first-order chi connectivity index (χ1) is 8.90. The maximum atomic E-state index is 12.3. The van der Waals surface area contributed by atoms with Crippen LogP contribution in [0, 0.1) is 0 Å². The molecule has 3 heterocycles. The molecule has 1 aromatic heterocycles. The first-order valence-electron chi connectivity index (χ1n) is 6.93. The van der Waals surface area contributed by atoms with Crippen LogP contribution in [0.4, 0.5) is 0 Å². The van der Waals surface area contributed by atoms with Gasteiger partial charge < -0.3 is 10.1 Å². The predicted octanol–water partition coefficient (Wildman–Crippen LogP) is 2.15. The van der Waals surface area contributed by atoms with E-state index >= 15 is 0 Å². The highest BCUT2D eigenvalue weighted by Gasteiger charge is 2.43. The molecule has 112 valence electrons. The van der Waals surface area contributed by atoms with Gasteiger partial charge >= 0.3 is 0 Å². The average Bonchev–Trinajstić information content (AvgIpc) is 2.73. The van der Waals surface area contributed by atoms with Crippen molar-refractivity contribution in [2.75, 3.05) is 13.1 Å². The summed E-state index contributed by atoms with van der Waals surface area (Å²) in [7, 11) is 0. The highest BCUT2D eigenvalue weighted by molar-refractivity contribution is 5.98. The fourth-order valence-corrected chi connectivity index (χ4v) is 2.78. The molecule has 1 saturated heterocycles. The summed E-state index contributed by atoms with van der Waals surface area (Å²) in [4.78, 5) is 12.3.